The maximum Gasteiger partial charge on any atom is 0.282 e. The van der Waals surface area contributed by atoms with E-state index in [-0.39, 0.29) is 11.8 Å². The number of hydrogen-bond acceptors (Lipinski definition) is 6. The van der Waals surface area contributed by atoms with Gasteiger partial charge in [-0.05, 0) is 43.8 Å². The van der Waals surface area contributed by atoms with Crippen molar-refractivity contribution in [3.63, 3.8) is 0 Å². The number of nitrogens with zero attached hydrogens (tertiary/aromatic N) is 3. The van der Waals surface area contributed by atoms with Gasteiger partial charge in [0.1, 0.15) is 17.2 Å². The lowest BCUT2D eigenvalue weighted by Crippen LogP contribution is -2.46. The predicted octanol–water partition coefficient (Wildman–Crippen LogP) is 2.63. The Kier molecular flexibility index (Phi) is 5.95. The third-order valence-corrected chi connectivity index (χ3v) is 5.66. The summed E-state index contributed by atoms with van der Waals surface area (Å²) in [7, 11) is 3.66. The lowest BCUT2D eigenvalue weighted by molar-refractivity contribution is -0.120. The van der Waals surface area contributed by atoms with E-state index in [9.17, 15) is 9.59 Å². The summed E-state index contributed by atoms with van der Waals surface area (Å²) in [6.45, 7) is 5.35. The van der Waals surface area contributed by atoms with Gasteiger partial charge in [0, 0.05) is 26.2 Å². The van der Waals surface area contributed by atoms with Crippen molar-refractivity contribution in [1.82, 2.24) is 9.80 Å². The van der Waals surface area contributed by atoms with Crippen LogP contribution in [0, 0.1) is 0 Å². The van der Waals surface area contributed by atoms with Gasteiger partial charge in [0.05, 0.1) is 25.0 Å². The minimum absolute atomic E-state index is 0.312. The van der Waals surface area contributed by atoms with Crippen molar-refractivity contribution in [1.29, 1.82) is 0 Å². The molecule has 162 valence electrons. The number of likely N-dealkylation sites (N-methyl/N-ethyl adjacent to an activating group) is 1. The first-order valence-corrected chi connectivity index (χ1v) is 10.5. The summed E-state index contributed by atoms with van der Waals surface area (Å²) in [5, 5.41) is 0. The van der Waals surface area contributed by atoms with Crippen molar-refractivity contribution < 1.29 is 19.1 Å². The molecule has 0 radical (unpaired) electrons. The van der Waals surface area contributed by atoms with Gasteiger partial charge in [0.25, 0.3) is 11.8 Å². The fraction of sp³-hybridized carbons (Fsp3) is 0.333. The third kappa shape index (κ3) is 3.88. The largest absolute Gasteiger partial charge is 0.497 e. The Bertz CT molecular complexity index is 1010. The van der Waals surface area contributed by atoms with Crippen molar-refractivity contribution in [3.8, 4) is 11.5 Å². The van der Waals surface area contributed by atoms with Crippen LogP contribution in [0.5, 0.6) is 11.5 Å². The first-order chi connectivity index (χ1) is 15.0. The van der Waals surface area contributed by atoms with Crippen LogP contribution >= 0.6 is 0 Å². The topological polar surface area (TPSA) is 62.3 Å². The Morgan fingerprint density at radius 1 is 0.903 bits per heavy atom. The summed E-state index contributed by atoms with van der Waals surface area (Å²) in [5.74, 6) is 0.560. The van der Waals surface area contributed by atoms with E-state index in [1.54, 1.807) is 37.4 Å². The van der Waals surface area contributed by atoms with Gasteiger partial charge in [-0.25, -0.2) is 4.90 Å². The Balaban J connectivity index is 1.80. The summed E-state index contributed by atoms with van der Waals surface area (Å²) in [6, 6.07) is 14.4. The van der Waals surface area contributed by atoms with Crippen molar-refractivity contribution >= 4 is 23.1 Å². The first kappa shape index (κ1) is 20.9. The Morgan fingerprint density at radius 2 is 1.58 bits per heavy atom. The number of para-hydroxylation sites is 2. The number of carbonyl (C=O) groups is 2. The van der Waals surface area contributed by atoms with Gasteiger partial charge in [-0.2, -0.15) is 0 Å². The molecule has 1 fully saturated rings. The first-order valence-electron chi connectivity index (χ1n) is 10.5. The van der Waals surface area contributed by atoms with Crippen LogP contribution < -0.4 is 14.4 Å². The molecule has 2 aromatic carbocycles. The average Bonchev–Trinajstić information content (AvgIpc) is 3.05. The fourth-order valence-electron chi connectivity index (χ4n) is 4.00. The maximum absolute atomic E-state index is 13.7. The minimum Gasteiger partial charge on any atom is -0.497 e. The number of ether oxygens (including phenoxy) is 2. The zero-order valence-corrected chi connectivity index (χ0v) is 18.1. The van der Waals surface area contributed by atoms with Crippen LogP contribution in [0.25, 0.3) is 5.57 Å². The molecule has 0 atom stereocenters. The summed E-state index contributed by atoms with van der Waals surface area (Å²) in [5.41, 5.74) is 2.04. The number of benzene rings is 2. The highest BCUT2D eigenvalue weighted by Gasteiger charge is 2.43. The van der Waals surface area contributed by atoms with Gasteiger partial charge in [0.15, 0.2) is 0 Å². The third-order valence-electron chi connectivity index (χ3n) is 5.66. The summed E-state index contributed by atoms with van der Waals surface area (Å²) in [4.78, 5) is 32.8. The highest BCUT2D eigenvalue weighted by molar-refractivity contribution is 6.45. The fourth-order valence-corrected chi connectivity index (χ4v) is 4.00. The predicted molar refractivity (Wildman–Crippen MR) is 119 cm³/mol. The number of methoxy groups -OCH3 is 1. The van der Waals surface area contributed by atoms with E-state index in [0.29, 0.717) is 53.7 Å². The zero-order chi connectivity index (χ0) is 22.0. The average molecular weight is 421 g/mol. The zero-order valence-electron chi connectivity index (χ0n) is 18.1. The van der Waals surface area contributed by atoms with Gasteiger partial charge < -0.3 is 19.3 Å². The van der Waals surface area contributed by atoms with Crippen LogP contribution in [0.4, 0.5) is 5.69 Å². The van der Waals surface area contributed by atoms with E-state index in [2.05, 4.69) is 11.9 Å². The molecule has 2 aromatic rings. The molecule has 2 amide bonds. The SMILES string of the molecule is CCOc1ccccc1N1C(=O)C(c2ccc(OC)cc2)=C(N2CCN(C)CC2)C1=O. The van der Waals surface area contributed by atoms with E-state index >= 15 is 0 Å². The van der Waals surface area contributed by atoms with Crippen molar-refractivity contribution in [2.24, 2.45) is 0 Å². The van der Waals surface area contributed by atoms with Gasteiger partial charge in [-0.3, -0.25) is 9.59 Å². The highest BCUT2D eigenvalue weighted by atomic mass is 16.5. The van der Waals surface area contributed by atoms with Crippen LogP contribution in [0.3, 0.4) is 0 Å². The highest BCUT2D eigenvalue weighted by Crippen LogP contribution is 2.39. The lowest BCUT2D eigenvalue weighted by Gasteiger charge is -2.34. The second-order valence-corrected chi connectivity index (χ2v) is 7.59. The van der Waals surface area contributed by atoms with E-state index in [1.807, 2.05) is 30.0 Å². The molecule has 0 aliphatic carbocycles. The summed E-state index contributed by atoms with van der Waals surface area (Å²) in [6.07, 6.45) is 0. The number of anilines is 1. The normalized spacial score (nSPS) is 17.5. The van der Waals surface area contributed by atoms with Crippen LogP contribution in [0.1, 0.15) is 12.5 Å². The van der Waals surface area contributed by atoms with E-state index in [0.717, 1.165) is 13.1 Å². The standard InChI is InChI=1S/C24H27N3O4/c1-4-31-20-8-6-5-7-19(20)27-23(28)21(17-9-11-18(30-3)12-10-17)22(24(27)29)26-15-13-25(2)14-16-26/h5-12H,4,13-16H2,1-3H3. The molecule has 0 unspecified atom stereocenters. The molecule has 1 saturated heterocycles. The van der Waals surface area contributed by atoms with E-state index in [1.165, 1.54) is 4.90 Å². The minimum atomic E-state index is -0.337. The van der Waals surface area contributed by atoms with Crippen molar-refractivity contribution in [3.05, 3.63) is 59.8 Å². The monoisotopic (exact) mass is 421 g/mol. The molecule has 0 aromatic heterocycles. The molecule has 7 heteroatoms. The molecule has 2 aliphatic heterocycles. The van der Waals surface area contributed by atoms with E-state index in [4.69, 9.17) is 9.47 Å². The Hall–Kier alpha value is -3.32. The Labute approximate surface area is 182 Å². The van der Waals surface area contributed by atoms with Gasteiger partial charge in [-0.1, -0.05) is 24.3 Å². The van der Waals surface area contributed by atoms with E-state index < -0.39 is 0 Å². The van der Waals surface area contributed by atoms with Crippen molar-refractivity contribution in [2.45, 2.75) is 6.92 Å². The van der Waals surface area contributed by atoms with Gasteiger partial charge in [0.2, 0.25) is 0 Å². The number of imide groups is 1. The number of piperazine rings is 1. The Morgan fingerprint density at radius 3 is 2.23 bits per heavy atom. The molecule has 7 nitrogen and oxygen atoms in total. The molecule has 0 saturated carbocycles. The molecule has 0 N–H and O–H groups in total. The molecule has 31 heavy (non-hydrogen) atoms. The quantitative estimate of drug-likeness (QED) is 0.669. The summed E-state index contributed by atoms with van der Waals surface area (Å²) < 4.78 is 11.0. The molecule has 0 bridgehead atoms. The maximum atomic E-state index is 13.7. The van der Waals surface area contributed by atoms with Crippen LogP contribution in [0.15, 0.2) is 54.2 Å². The molecular formula is C24H27N3O4. The number of amides is 2. The smallest absolute Gasteiger partial charge is 0.282 e. The second kappa shape index (κ2) is 8.81. The van der Waals surface area contributed by atoms with Crippen LogP contribution in [-0.4, -0.2) is 68.6 Å². The molecule has 4 rings (SSSR count). The number of hydrogen-bond donors (Lipinski definition) is 0. The molecule has 2 aliphatic rings. The van der Waals surface area contributed by atoms with Crippen molar-refractivity contribution in [2.75, 3.05) is 51.8 Å². The molecule has 2 heterocycles. The van der Waals surface area contributed by atoms with Gasteiger partial charge in [-0.15, -0.1) is 0 Å². The van der Waals surface area contributed by atoms with Crippen LogP contribution in [-0.2, 0) is 9.59 Å². The molecular weight excluding hydrogens is 394 g/mol. The van der Waals surface area contributed by atoms with Gasteiger partial charge >= 0.3 is 0 Å². The number of carbonyl (C=O) groups excluding carboxylic acids is 2. The molecule has 0 spiro atoms. The van der Waals surface area contributed by atoms with Crippen LogP contribution in [0.2, 0.25) is 0 Å². The summed E-state index contributed by atoms with van der Waals surface area (Å²) >= 11 is 0. The second-order valence-electron chi connectivity index (χ2n) is 7.59. The number of rotatable bonds is 6. The lowest BCUT2D eigenvalue weighted by atomic mass is 10.0.